The summed E-state index contributed by atoms with van der Waals surface area (Å²) in [6.45, 7) is 3.46. The van der Waals surface area contributed by atoms with E-state index in [0.717, 1.165) is 57.1 Å². The van der Waals surface area contributed by atoms with Gasteiger partial charge in [0.15, 0.2) is 0 Å². The molecule has 33 heavy (non-hydrogen) atoms. The molecule has 1 aromatic rings. The molecule has 1 rings (SSSR count). The maximum Gasteiger partial charge on any atom is 0.305 e. The van der Waals surface area contributed by atoms with Gasteiger partial charge in [-0.1, -0.05) is 95.8 Å². The molecule has 0 saturated heterocycles. The molecule has 5 nitrogen and oxygen atoms in total. The van der Waals surface area contributed by atoms with Gasteiger partial charge in [-0.05, 0) is 31.4 Å². The summed E-state index contributed by atoms with van der Waals surface area (Å²) in [7, 11) is 0. The zero-order chi connectivity index (χ0) is 23.8. The van der Waals surface area contributed by atoms with E-state index in [-0.39, 0.29) is 18.5 Å². The van der Waals surface area contributed by atoms with Gasteiger partial charge >= 0.3 is 11.9 Å². The van der Waals surface area contributed by atoms with Crippen LogP contribution in [0.3, 0.4) is 0 Å². The lowest BCUT2D eigenvalue weighted by atomic mass is 10.1. The molecule has 0 aliphatic heterocycles. The van der Waals surface area contributed by atoms with E-state index in [9.17, 15) is 9.59 Å². The Balaban J connectivity index is 1.79. The maximum atomic E-state index is 11.8. The fourth-order valence-corrected chi connectivity index (χ4v) is 3.64. The number of unbranched alkanes of at least 4 members (excludes halogenated alkanes) is 12. The summed E-state index contributed by atoms with van der Waals surface area (Å²) < 4.78 is 16.0. The Kier molecular flexibility index (Phi) is 19.1. The molecule has 0 fully saturated rings. The molecule has 0 spiro atoms. The summed E-state index contributed by atoms with van der Waals surface area (Å²) >= 11 is 0. The third-order valence-corrected chi connectivity index (χ3v) is 5.63. The summed E-state index contributed by atoms with van der Waals surface area (Å²) in [6, 6.07) is 9.50. The lowest BCUT2D eigenvalue weighted by Crippen LogP contribution is -2.11. The van der Waals surface area contributed by atoms with Gasteiger partial charge in [0.05, 0.1) is 6.61 Å². The van der Waals surface area contributed by atoms with Crippen LogP contribution in [0.25, 0.3) is 0 Å². The molecule has 0 saturated carbocycles. The molecule has 0 unspecified atom stereocenters. The third kappa shape index (κ3) is 19.2. The molecule has 0 aliphatic carbocycles. The number of benzene rings is 1. The highest BCUT2D eigenvalue weighted by Crippen LogP contribution is 2.11. The summed E-state index contributed by atoms with van der Waals surface area (Å²) in [4.78, 5) is 23.5. The highest BCUT2D eigenvalue weighted by molar-refractivity contribution is 5.69. The highest BCUT2D eigenvalue weighted by Gasteiger charge is 2.04. The summed E-state index contributed by atoms with van der Waals surface area (Å²) in [5.41, 5.74) is 0. The first-order valence-electron chi connectivity index (χ1n) is 13.2. The van der Waals surface area contributed by atoms with E-state index >= 15 is 0 Å². The molecule has 0 N–H and O–H groups in total. The van der Waals surface area contributed by atoms with Crippen LogP contribution >= 0.6 is 0 Å². The van der Waals surface area contributed by atoms with Crippen molar-refractivity contribution in [2.45, 2.75) is 110 Å². The average molecular weight is 463 g/mol. The van der Waals surface area contributed by atoms with Crippen LogP contribution in [0.4, 0.5) is 0 Å². The van der Waals surface area contributed by atoms with Crippen molar-refractivity contribution < 1.29 is 23.8 Å². The quantitative estimate of drug-likeness (QED) is 0.133. The minimum atomic E-state index is -0.161. The van der Waals surface area contributed by atoms with Crippen molar-refractivity contribution in [2.24, 2.45) is 0 Å². The summed E-state index contributed by atoms with van der Waals surface area (Å²) in [6.07, 6.45) is 17.0. The Morgan fingerprint density at radius 3 is 1.64 bits per heavy atom. The Morgan fingerprint density at radius 2 is 1.06 bits per heavy atom. The second-order valence-electron chi connectivity index (χ2n) is 8.70. The Morgan fingerprint density at radius 1 is 0.576 bits per heavy atom. The number of carbonyl (C=O) groups excluding carboxylic acids is 2. The minimum Gasteiger partial charge on any atom is -0.490 e. The molecule has 0 aromatic heterocycles. The van der Waals surface area contributed by atoms with Crippen molar-refractivity contribution in [3.05, 3.63) is 30.3 Å². The molecule has 0 radical (unpaired) electrons. The van der Waals surface area contributed by atoms with Crippen LogP contribution in [0, 0.1) is 0 Å². The molecule has 188 valence electrons. The molecule has 5 heteroatoms. The van der Waals surface area contributed by atoms with Crippen molar-refractivity contribution in [1.29, 1.82) is 0 Å². The largest absolute Gasteiger partial charge is 0.490 e. The van der Waals surface area contributed by atoms with Crippen LogP contribution in [-0.4, -0.2) is 31.8 Å². The Bertz CT molecular complexity index is 587. The average Bonchev–Trinajstić information content (AvgIpc) is 2.83. The van der Waals surface area contributed by atoms with Crippen molar-refractivity contribution in [1.82, 2.24) is 0 Å². The van der Waals surface area contributed by atoms with Crippen LogP contribution in [0.1, 0.15) is 110 Å². The number of ether oxygens (including phenoxy) is 3. The lowest BCUT2D eigenvalue weighted by molar-refractivity contribution is -0.145. The fraction of sp³-hybridized carbons (Fsp3) is 0.714. The van der Waals surface area contributed by atoms with Crippen molar-refractivity contribution in [2.75, 3.05) is 19.8 Å². The van der Waals surface area contributed by atoms with E-state index in [2.05, 4.69) is 6.92 Å². The van der Waals surface area contributed by atoms with Gasteiger partial charge in [-0.2, -0.15) is 0 Å². The molecular weight excluding hydrogens is 416 g/mol. The lowest BCUT2D eigenvalue weighted by Gasteiger charge is -2.07. The van der Waals surface area contributed by atoms with E-state index < -0.39 is 0 Å². The van der Waals surface area contributed by atoms with Crippen molar-refractivity contribution in [3.8, 4) is 5.75 Å². The molecule has 0 amide bonds. The molecular formula is C28H46O5. The predicted molar refractivity (Wildman–Crippen MR) is 133 cm³/mol. The standard InChI is InChI=1S/C28H46O5/c1-2-3-4-5-6-9-12-18-23-32-27(29)21-16-10-7-8-11-17-22-28(30)33-25-24-31-26-19-14-13-15-20-26/h13-15,19-20H,2-12,16-18,21-25H2,1H3. The second-order valence-corrected chi connectivity index (χ2v) is 8.70. The third-order valence-electron chi connectivity index (χ3n) is 5.63. The molecule has 0 bridgehead atoms. The zero-order valence-corrected chi connectivity index (χ0v) is 20.9. The predicted octanol–water partition coefficient (Wildman–Crippen LogP) is 7.41. The summed E-state index contributed by atoms with van der Waals surface area (Å²) in [5.74, 6) is 0.563. The van der Waals surface area contributed by atoms with E-state index in [0.29, 0.717) is 26.1 Å². The van der Waals surface area contributed by atoms with Gasteiger partial charge in [0.2, 0.25) is 0 Å². The van der Waals surface area contributed by atoms with Gasteiger partial charge in [-0.15, -0.1) is 0 Å². The Hall–Kier alpha value is -2.04. The van der Waals surface area contributed by atoms with Gasteiger partial charge in [-0.3, -0.25) is 9.59 Å². The van der Waals surface area contributed by atoms with Crippen molar-refractivity contribution in [3.63, 3.8) is 0 Å². The molecule has 0 aliphatic rings. The van der Waals surface area contributed by atoms with Gasteiger partial charge in [0, 0.05) is 12.8 Å². The van der Waals surface area contributed by atoms with E-state index in [1.54, 1.807) is 0 Å². The maximum absolute atomic E-state index is 11.8. The topological polar surface area (TPSA) is 61.8 Å². The van der Waals surface area contributed by atoms with Gasteiger partial charge in [0.1, 0.15) is 19.0 Å². The van der Waals surface area contributed by atoms with E-state index in [1.807, 2.05) is 30.3 Å². The number of hydrogen-bond donors (Lipinski definition) is 0. The van der Waals surface area contributed by atoms with Crippen molar-refractivity contribution >= 4 is 11.9 Å². The van der Waals surface area contributed by atoms with Gasteiger partial charge in [0.25, 0.3) is 0 Å². The zero-order valence-electron chi connectivity index (χ0n) is 20.9. The normalized spacial score (nSPS) is 10.7. The molecule has 0 heterocycles. The number of rotatable bonds is 22. The van der Waals surface area contributed by atoms with E-state index in [4.69, 9.17) is 14.2 Å². The first-order valence-corrected chi connectivity index (χ1v) is 13.2. The first-order chi connectivity index (χ1) is 16.2. The molecule has 0 atom stereocenters. The SMILES string of the molecule is CCCCCCCCCCOC(=O)CCCCCCCCC(=O)OCCOc1ccccc1. The monoisotopic (exact) mass is 462 g/mol. The number of carbonyl (C=O) groups is 2. The fourth-order valence-electron chi connectivity index (χ4n) is 3.64. The van der Waals surface area contributed by atoms with Gasteiger partial charge < -0.3 is 14.2 Å². The van der Waals surface area contributed by atoms with E-state index in [1.165, 1.54) is 38.5 Å². The second kappa shape index (κ2) is 21.8. The number of para-hydroxylation sites is 1. The highest BCUT2D eigenvalue weighted by atomic mass is 16.6. The van der Waals surface area contributed by atoms with Crippen LogP contribution in [0.5, 0.6) is 5.75 Å². The first kappa shape index (κ1) is 29.0. The van der Waals surface area contributed by atoms with Crippen LogP contribution in [0.2, 0.25) is 0 Å². The molecule has 1 aromatic carbocycles. The van der Waals surface area contributed by atoms with Crippen LogP contribution in [-0.2, 0) is 19.1 Å². The Labute approximate surface area is 201 Å². The summed E-state index contributed by atoms with van der Waals surface area (Å²) in [5, 5.41) is 0. The smallest absolute Gasteiger partial charge is 0.305 e. The number of esters is 2. The van der Waals surface area contributed by atoms with Crippen LogP contribution < -0.4 is 4.74 Å². The van der Waals surface area contributed by atoms with Gasteiger partial charge in [-0.25, -0.2) is 0 Å². The van der Waals surface area contributed by atoms with Crippen LogP contribution in [0.15, 0.2) is 30.3 Å². The minimum absolute atomic E-state index is 0.0584. The number of hydrogen-bond acceptors (Lipinski definition) is 5.